The van der Waals surface area contributed by atoms with Gasteiger partial charge in [0.2, 0.25) is 0 Å². The number of ether oxygens (including phenoxy) is 4. The zero-order chi connectivity index (χ0) is 15.6. The van der Waals surface area contributed by atoms with Gasteiger partial charge in [0, 0.05) is 13.2 Å². The fourth-order valence-corrected chi connectivity index (χ4v) is 2.77. The molecule has 0 radical (unpaired) electrons. The van der Waals surface area contributed by atoms with Crippen molar-refractivity contribution in [3.05, 3.63) is 0 Å². The van der Waals surface area contributed by atoms with Crippen molar-refractivity contribution in [1.29, 1.82) is 0 Å². The van der Waals surface area contributed by atoms with Crippen LogP contribution in [-0.2, 0) is 28.5 Å². The molecule has 2 aliphatic heterocycles. The van der Waals surface area contributed by atoms with Crippen LogP contribution in [0.15, 0.2) is 0 Å². The summed E-state index contributed by atoms with van der Waals surface area (Å²) in [6.45, 7) is 3.24. The van der Waals surface area contributed by atoms with Crippen molar-refractivity contribution in [3.8, 4) is 0 Å². The van der Waals surface area contributed by atoms with Crippen LogP contribution in [0.3, 0.4) is 0 Å². The topological polar surface area (TPSA) is 71.1 Å². The fraction of sp³-hybridized carbons (Fsp3) is 0.875. The van der Waals surface area contributed by atoms with Crippen LogP contribution in [0.1, 0.15) is 38.5 Å². The minimum Gasteiger partial charge on any atom is -0.465 e. The molecule has 0 aliphatic carbocycles. The number of cyclic esters (lactones) is 2. The number of rotatable bonds is 9. The summed E-state index contributed by atoms with van der Waals surface area (Å²) < 4.78 is 21.0. The van der Waals surface area contributed by atoms with E-state index in [1.165, 1.54) is 0 Å². The van der Waals surface area contributed by atoms with Crippen LogP contribution in [0.4, 0.5) is 0 Å². The Morgan fingerprint density at radius 3 is 1.64 bits per heavy atom. The van der Waals surface area contributed by atoms with E-state index < -0.39 is 0 Å². The molecule has 2 heterocycles. The molecule has 22 heavy (non-hydrogen) atoms. The van der Waals surface area contributed by atoms with Gasteiger partial charge in [-0.25, -0.2) is 0 Å². The van der Waals surface area contributed by atoms with E-state index in [-0.39, 0.29) is 23.8 Å². The molecule has 0 aromatic rings. The second kappa shape index (κ2) is 9.79. The highest BCUT2D eigenvalue weighted by Crippen LogP contribution is 2.19. The predicted octanol–water partition coefficient (Wildman–Crippen LogP) is 1.71. The average Bonchev–Trinajstić information content (AvgIpc) is 2.53. The first-order chi connectivity index (χ1) is 10.8. The minimum absolute atomic E-state index is 0.00742. The van der Waals surface area contributed by atoms with Gasteiger partial charge in [0.25, 0.3) is 0 Å². The van der Waals surface area contributed by atoms with Crippen molar-refractivity contribution < 1.29 is 28.5 Å². The van der Waals surface area contributed by atoms with Crippen molar-refractivity contribution in [2.45, 2.75) is 38.5 Å². The van der Waals surface area contributed by atoms with Crippen molar-refractivity contribution in [2.24, 2.45) is 11.8 Å². The van der Waals surface area contributed by atoms with Crippen LogP contribution in [0, 0.1) is 11.8 Å². The highest BCUT2D eigenvalue weighted by molar-refractivity contribution is 5.73. The summed E-state index contributed by atoms with van der Waals surface area (Å²) in [6.07, 6.45) is 5.12. The Kier molecular flexibility index (Phi) is 7.66. The lowest BCUT2D eigenvalue weighted by atomic mass is 9.98. The molecule has 2 saturated heterocycles. The Morgan fingerprint density at radius 2 is 1.23 bits per heavy atom. The summed E-state index contributed by atoms with van der Waals surface area (Å²) in [5, 5.41) is 0. The van der Waals surface area contributed by atoms with Crippen molar-refractivity contribution in [2.75, 3.05) is 39.6 Å². The van der Waals surface area contributed by atoms with Crippen LogP contribution in [-0.4, -0.2) is 51.6 Å². The number of hydrogen-bond donors (Lipinski definition) is 0. The second-order valence-electron chi connectivity index (χ2n) is 5.82. The molecule has 0 bridgehead atoms. The summed E-state index contributed by atoms with van der Waals surface area (Å²) in [7, 11) is 0. The van der Waals surface area contributed by atoms with Gasteiger partial charge >= 0.3 is 11.9 Å². The highest BCUT2D eigenvalue weighted by Gasteiger charge is 2.24. The summed E-state index contributed by atoms with van der Waals surface area (Å²) in [6, 6.07) is 0. The Labute approximate surface area is 131 Å². The van der Waals surface area contributed by atoms with Gasteiger partial charge in [-0.1, -0.05) is 0 Å². The number of carbonyl (C=O) groups is 2. The van der Waals surface area contributed by atoms with E-state index in [4.69, 9.17) is 18.9 Å². The second-order valence-corrected chi connectivity index (χ2v) is 5.82. The largest absolute Gasteiger partial charge is 0.465 e. The Morgan fingerprint density at radius 1 is 0.773 bits per heavy atom. The quantitative estimate of drug-likeness (QED) is 0.476. The minimum atomic E-state index is -0.0922. The average molecular weight is 314 g/mol. The van der Waals surface area contributed by atoms with Crippen molar-refractivity contribution >= 4 is 11.9 Å². The van der Waals surface area contributed by atoms with Gasteiger partial charge in [-0.2, -0.15) is 0 Å². The van der Waals surface area contributed by atoms with Crippen molar-refractivity contribution in [3.63, 3.8) is 0 Å². The monoisotopic (exact) mass is 314 g/mol. The summed E-state index contributed by atoms with van der Waals surface area (Å²) >= 11 is 0. The van der Waals surface area contributed by atoms with E-state index in [9.17, 15) is 9.59 Å². The third kappa shape index (κ3) is 5.93. The number of hydrogen-bond acceptors (Lipinski definition) is 6. The van der Waals surface area contributed by atoms with Gasteiger partial charge in [-0.05, 0) is 38.5 Å². The maximum absolute atomic E-state index is 11.4. The Balaban J connectivity index is 1.41. The first-order valence-corrected chi connectivity index (χ1v) is 8.26. The lowest BCUT2D eigenvalue weighted by Gasteiger charge is -2.21. The third-order valence-electron chi connectivity index (χ3n) is 4.14. The molecule has 2 unspecified atom stereocenters. The molecule has 2 aliphatic rings. The Bertz CT molecular complexity index is 323. The van der Waals surface area contributed by atoms with E-state index in [1.54, 1.807) is 0 Å². The van der Waals surface area contributed by atoms with E-state index in [0.29, 0.717) is 52.5 Å². The van der Waals surface area contributed by atoms with E-state index in [0.717, 1.165) is 25.7 Å². The first kappa shape index (κ1) is 17.2. The molecule has 6 heteroatoms. The SMILES string of the molecule is O=C1OCCCC1CCOCCOCCC1CCCOC1=O. The maximum Gasteiger partial charge on any atom is 0.309 e. The van der Waals surface area contributed by atoms with Crippen LogP contribution in [0.25, 0.3) is 0 Å². The maximum atomic E-state index is 11.4. The lowest BCUT2D eigenvalue weighted by molar-refractivity contribution is -0.154. The van der Waals surface area contributed by atoms with Crippen LogP contribution >= 0.6 is 0 Å². The van der Waals surface area contributed by atoms with Gasteiger partial charge in [0.15, 0.2) is 0 Å². The normalized spacial score (nSPS) is 25.6. The van der Waals surface area contributed by atoms with E-state index >= 15 is 0 Å². The van der Waals surface area contributed by atoms with Crippen LogP contribution in [0.2, 0.25) is 0 Å². The van der Waals surface area contributed by atoms with E-state index in [2.05, 4.69) is 0 Å². The van der Waals surface area contributed by atoms with Crippen molar-refractivity contribution in [1.82, 2.24) is 0 Å². The van der Waals surface area contributed by atoms with Crippen LogP contribution < -0.4 is 0 Å². The zero-order valence-electron chi connectivity index (χ0n) is 13.1. The third-order valence-corrected chi connectivity index (χ3v) is 4.14. The molecule has 126 valence electrons. The number of carbonyl (C=O) groups excluding carboxylic acids is 2. The molecule has 2 atom stereocenters. The van der Waals surface area contributed by atoms with Gasteiger partial charge in [-0.15, -0.1) is 0 Å². The summed E-state index contributed by atoms with van der Waals surface area (Å²) in [5.41, 5.74) is 0. The lowest BCUT2D eigenvalue weighted by Crippen LogP contribution is -2.25. The van der Waals surface area contributed by atoms with Gasteiger partial charge in [0.05, 0.1) is 38.3 Å². The smallest absolute Gasteiger partial charge is 0.309 e. The molecule has 0 aromatic heterocycles. The van der Waals surface area contributed by atoms with E-state index in [1.807, 2.05) is 0 Å². The molecule has 0 aromatic carbocycles. The Hall–Kier alpha value is -1.14. The standard InChI is InChI=1S/C16H26O6/c17-15-13(3-1-7-21-15)5-9-19-11-12-20-10-6-14-4-2-8-22-16(14)18/h13-14H,1-12H2. The molecule has 0 spiro atoms. The molecular weight excluding hydrogens is 288 g/mol. The van der Waals surface area contributed by atoms with Crippen LogP contribution in [0.5, 0.6) is 0 Å². The predicted molar refractivity (Wildman–Crippen MR) is 78.2 cm³/mol. The molecule has 6 nitrogen and oxygen atoms in total. The molecule has 0 N–H and O–H groups in total. The molecular formula is C16H26O6. The van der Waals surface area contributed by atoms with Gasteiger partial charge < -0.3 is 18.9 Å². The summed E-state index contributed by atoms with van der Waals surface area (Å²) in [4.78, 5) is 22.9. The highest BCUT2D eigenvalue weighted by atomic mass is 16.5. The van der Waals surface area contributed by atoms with Gasteiger partial charge in [0.1, 0.15) is 0 Å². The molecule has 0 saturated carbocycles. The molecule has 0 amide bonds. The molecule has 2 rings (SSSR count). The first-order valence-electron chi connectivity index (χ1n) is 8.26. The number of esters is 2. The zero-order valence-corrected chi connectivity index (χ0v) is 13.1. The molecule has 2 fully saturated rings. The fourth-order valence-electron chi connectivity index (χ4n) is 2.77. The summed E-state index contributed by atoms with van der Waals surface area (Å²) in [5.74, 6) is -0.199. The van der Waals surface area contributed by atoms with Gasteiger partial charge in [-0.3, -0.25) is 9.59 Å².